The maximum absolute atomic E-state index is 12.7. The van der Waals surface area contributed by atoms with Crippen molar-refractivity contribution in [3.05, 3.63) is 56.4 Å². The van der Waals surface area contributed by atoms with E-state index in [-0.39, 0.29) is 23.8 Å². The van der Waals surface area contributed by atoms with Gasteiger partial charge < -0.3 is 15.6 Å². The molecule has 0 spiro atoms. The van der Waals surface area contributed by atoms with Crippen molar-refractivity contribution in [1.29, 1.82) is 0 Å². The maximum atomic E-state index is 12.7. The molecule has 1 aliphatic rings. The predicted molar refractivity (Wildman–Crippen MR) is 123 cm³/mol. The van der Waals surface area contributed by atoms with Gasteiger partial charge in [-0.2, -0.15) is 0 Å². The summed E-state index contributed by atoms with van der Waals surface area (Å²) >= 11 is 1.62. The van der Waals surface area contributed by atoms with Crippen LogP contribution in [0.5, 0.6) is 0 Å². The molecule has 31 heavy (non-hydrogen) atoms. The largest absolute Gasteiger partial charge is 0.359 e. The topological polar surface area (TPSA) is 104 Å². The minimum absolute atomic E-state index is 0.0589. The molecule has 162 valence electrons. The number of fused-ring (bicyclic) bond motifs is 3. The normalized spacial score (nSPS) is 15.5. The Morgan fingerprint density at radius 1 is 1.23 bits per heavy atom. The van der Waals surface area contributed by atoms with Gasteiger partial charge in [-0.15, -0.1) is 11.3 Å². The average molecular weight is 439 g/mol. The molecule has 0 bridgehead atoms. The van der Waals surface area contributed by atoms with Gasteiger partial charge in [-0.3, -0.25) is 14.4 Å². The lowest BCUT2D eigenvalue weighted by molar-refractivity contribution is -0.120. The first-order chi connectivity index (χ1) is 14.9. The number of nitrogens with zero attached hydrogens (tertiary/aromatic N) is 1. The van der Waals surface area contributed by atoms with Crippen LogP contribution in [-0.4, -0.2) is 28.8 Å². The van der Waals surface area contributed by atoms with Crippen LogP contribution >= 0.6 is 11.3 Å². The summed E-state index contributed by atoms with van der Waals surface area (Å²) in [6.45, 7) is 2.24. The lowest BCUT2D eigenvalue weighted by atomic mass is 9.89. The number of aryl methyl sites for hydroxylation is 2. The number of carbonyl (C=O) groups excluding carboxylic acids is 2. The number of amides is 2. The molecule has 2 aromatic heterocycles. The highest BCUT2D eigenvalue weighted by Crippen LogP contribution is 2.35. The number of H-pyrrole nitrogens is 1. The van der Waals surface area contributed by atoms with E-state index in [2.05, 4.69) is 27.5 Å². The van der Waals surface area contributed by atoms with Crippen LogP contribution in [0.15, 0.2) is 29.1 Å². The third-order valence-electron chi connectivity index (χ3n) is 5.68. The second kappa shape index (κ2) is 9.01. The molecular weight excluding hydrogens is 412 g/mol. The molecule has 3 aromatic rings. The number of hydrogen-bond donors (Lipinski definition) is 3. The molecule has 2 heterocycles. The Balaban J connectivity index is 1.39. The average Bonchev–Trinajstić information content (AvgIpc) is 3.11. The zero-order valence-electron chi connectivity index (χ0n) is 17.7. The van der Waals surface area contributed by atoms with Gasteiger partial charge in [-0.1, -0.05) is 19.1 Å². The van der Waals surface area contributed by atoms with Gasteiger partial charge in [0.1, 0.15) is 10.7 Å². The zero-order chi connectivity index (χ0) is 22.0. The Morgan fingerprint density at radius 3 is 2.74 bits per heavy atom. The van der Waals surface area contributed by atoms with E-state index in [0.29, 0.717) is 30.3 Å². The molecule has 2 amide bonds. The van der Waals surface area contributed by atoms with Crippen molar-refractivity contribution in [2.45, 2.75) is 45.4 Å². The number of aromatic amines is 1. The summed E-state index contributed by atoms with van der Waals surface area (Å²) in [7, 11) is 1.60. The van der Waals surface area contributed by atoms with Crippen molar-refractivity contribution in [2.75, 3.05) is 12.4 Å². The van der Waals surface area contributed by atoms with Crippen LogP contribution in [0, 0.1) is 5.92 Å². The fourth-order valence-corrected chi connectivity index (χ4v) is 5.35. The Kier molecular flexibility index (Phi) is 6.18. The third kappa shape index (κ3) is 4.85. The number of carbonyl (C=O) groups is 2. The van der Waals surface area contributed by atoms with E-state index >= 15 is 0 Å². The fourth-order valence-electron chi connectivity index (χ4n) is 3.95. The molecule has 1 aliphatic carbocycles. The number of aromatic nitrogens is 2. The molecule has 1 unspecified atom stereocenters. The molecule has 1 aromatic carbocycles. The van der Waals surface area contributed by atoms with E-state index in [1.807, 2.05) is 12.1 Å². The van der Waals surface area contributed by atoms with Gasteiger partial charge in [-0.25, -0.2) is 4.98 Å². The molecular formula is C23H26N4O3S. The molecule has 3 N–H and O–H groups in total. The monoisotopic (exact) mass is 438 g/mol. The summed E-state index contributed by atoms with van der Waals surface area (Å²) in [6.07, 6.45) is 3.94. The Bertz CT molecular complexity index is 1180. The fraction of sp³-hybridized carbons (Fsp3) is 0.391. The minimum atomic E-state index is -0.152. The second-order valence-corrected chi connectivity index (χ2v) is 9.22. The predicted octanol–water partition coefficient (Wildman–Crippen LogP) is 2.97. The molecule has 7 nitrogen and oxygen atoms in total. The molecule has 0 aliphatic heterocycles. The first-order valence-electron chi connectivity index (χ1n) is 10.6. The van der Waals surface area contributed by atoms with Gasteiger partial charge >= 0.3 is 0 Å². The van der Waals surface area contributed by atoms with Crippen molar-refractivity contribution in [2.24, 2.45) is 5.92 Å². The van der Waals surface area contributed by atoms with Crippen LogP contribution in [0.4, 0.5) is 5.69 Å². The van der Waals surface area contributed by atoms with Gasteiger partial charge in [0.15, 0.2) is 0 Å². The molecule has 0 saturated carbocycles. The highest BCUT2D eigenvalue weighted by molar-refractivity contribution is 7.18. The highest BCUT2D eigenvalue weighted by Gasteiger charge is 2.23. The molecule has 4 rings (SSSR count). The number of rotatable bonds is 6. The van der Waals surface area contributed by atoms with Crippen molar-refractivity contribution in [3.8, 4) is 0 Å². The van der Waals surface area contributed by atoms with Crippen molar-refractivity contribution >= 4 is 39.1 Å². The Labute approximate surface area is 184 Å². The van der Waals surface area contributed by atoms with E-state index in [1.54, 1.807) is 30.5 Å². The minimum Gasteiger partial charge on any atom is -0.359 e. The van der Waals surface area contributed by atoms with Gasteiger partial charge in [0.25, 0.3) is 5.56 Å². The van der Waals surface area contributed by atoms with E-state index in [4.69, 9.17) is 0 Å². The summed E-state index contributed by atoms with van der Waals surface area (Å²) in [6, 6.07) is 7.19. The molecule has 0 fully saturated rings. The van der Waals surface area contributed by atoms with Crippen molar-refractivity contribution < 1.29 is 9.59 Å². The van der Waals surface area contributed by atoms with Crippen LogP contribution in [0.3, 0.4) is 0 Å². The zero-order valence-corrected chi connectivity index (χ0v) is 18.5. The van der Waals surface area contributed by atoms with Gasteiger partial charge in [0.2, 0.25) is 11.8 Å². The molecule has 0 radical (unpaired) electrons. The molecule has 0 saturated heterocycles. The summed E-state index contributed by atoms with van der Waals surface area (Å²) in [4.78, 5) is 46.0. The third-order valence-corrected chi connectivity index (χ3v) is 6.83. The lowest BCUT2D eigenvalue weighted by Gasteiger charge is -2.17. The lowest BCUT2D eigenvalue weighted by Crippen LogP contribution is -2.20. The SMILES string of the molecule is CNC(=O)Cc1ccc(NC(=O)CCc2nc3sc4c(c3c(=O)[nH]2)CCC(C)C4)cc1. The van der Waals surface area contributed by atoms with Crippen LogP contribution in [0.25, 0.3) is 10.2 Å². The maximum Gasteiger partial charge on any atom is 0.259 e. The Morgan fingerprint density at radius 2 is 2.00 bits per heavy atom. The van der Waals surface area contributed by atoms with E-state index in [9.17, 15) is 14.4 Å². The second-order valence-electron chi connectivity index (χ2n) is 8.14. The first kappa shape index (κ1) is 21.2. The number of benzene rings is 1. The van der Waals surface area contributed by atoms with Crippen LogP contribution in [0.1, 0.15) is 41.6 Å². The van der Waals surface area contributed by atoms with E-state index in [1.165, 1.54) is 4.88 Å². The number of hydrogen-bond acceptors (Lipinski definition) is 5. The van der Waals surface area contributed by atoms with Crippen LogP contribution in [-0.2, 0) is 35.3 Å². The van der Waals surface area contributed by atoms with Crippen LogP contribution < -0.4 is 16.2 Å². The van der Waals surface area contributed by atoms with Crippen molar-refractivity contribution in [3.63, 3.8) is 0 Å². The molecule has 8 heteroatoms. The van der Waals surface area contributed by atoms with Gasteiger partial charge in [-0.05, 0) is 48.4 Å². The number of thiophene rings is 1. The Hall–Kier alpha value is -3.00. The van der Waals surface area contributed by atoms with Crippen molar-refractivity contribution in [1.82, 2.24) is 15.3 Å². The van der Waals surface area contributed by atoms with Gasteiger partial charge in [0, 0.05) is 30.5 Å². The quantitative estimate of drug-likeness (QED) is 0.550. The number of anilines is 1. The standard InChI is InChI=1S/C23H26N4O3S/c1-13-3-8-16-17(11-13)31-23-21(16)22(30)26-18(27-23)9-10-19(28)25-15-6-4-14(5-7-15)12-20(29)24-2/h4-7,13H,3,8-12H2,1-2H3,(H,24,29)(H,25,28)(H,26,27,30). The van der Waals surface area contributed by atoms with E-state index < -0.39 is 0 Å². The van der Waals surface area contributed by atoms with E-state index in [0.717, 1.165) is 40.6 Å². The first-order valence-corrected chi connectivity index (χ1v) is 11.4. The molecule has 1 atom stereocenters. The highest BCUT2D eigenvalue weighted by atomic mass is 32.1. The summed E-state index contributed by atoms with van der Waals surface area (Å²) in [5, 5.41) is 6.16. The van der Waals surface area contributed by atoms with Crippen LogP contribution in [0.2, 0.25) is 0 Å². The van der Waals surface area contributed by atoms with Gasteiger partial charge in [0.05, 0.1) is 11.8 Å². The summed E-state index contributed by atoms with van der Waals surface area (Å²) in [5.41, 5.74) is 2.61. The summed E-state index contributed by atoms with van der Waals surface area (Å²) < 4.78 is 0. The number of nitrogens with one attached hydrogen (secondary N) is 3. The summed E-state index contributed by atoms with van der Waals surface area (Å²) in [5.74, 6) is 0.971. The number of likely N-dealkylation sites (N-methyl/N-ethyl adjacent to an activating group) is 1. The smallest absolute Gasteiger partial charge is 0.259 e.